The lowest BCUT2D eigenvalue weighted by Crippen LogP contribution is -2.37. The Kier molecular flexibility index (Phi) is 20.4. The predicted octanol–water partition coefficient (Wildman–Crippen LogP) is -3.49. The highest BCUT2D eigenvalue weighted by Crippen LogP contribution is 1.65. The van der Waals surface area contributed by atoms with Crippen LogP contribution in [0, 0.1) is 0 Å². The number of rotatable bonds is 19. The minimum absolute atomic E-state index is 0.199. The van der Waals surface area contributed by atoms with E-state index in [1.54, 1.807) is 0 Å². The normalized spacial score (nSPS) is 11.2. The summed E-state index contributed by atoms with van der Waals surface area (Å²) in [5, 5.41) is 36.8. The minimum atomic E-state index is 0.199. The molecule has 0 saturated heterocycles. The predicted molar refractivity (Wildman–Crippen MR) is 91.4 cm³/mol. The van der Waals surface area contributed by atoms with E-state index in [9.17, 15) is 0 Å². The van der Waals surface area contributed by atoms with Crippen molar-refractivity contribution >= 4 is 0 Å². The first-order chi connectivity index (χ1) is 10.9. The van der Waals surface area contributed by atoms with E-state index < -0.39 is 0 Å². The van der Waals surface area contributed by atoms with Gasteiger partial charge in [-0.05, 0) is 0 Å². The summed E-state index contributed by atoms with van der Waals surface area (Å²) >= 11 is 0. The van der Waals surface area contributed by atoms with Crippen LogP contribution in [0.3, 0.4) is 0 Å². The Bertz CT molecular complexity index is 180. The van der Waals surface area contributed by atoms with Gasteiger partial charge < -0.3 is 42.1 Å². The van der Waals surface area contributed by atoms with Crippen molar-refractivity contribution < 1.29 is 10.2 Å². The fourth-order valence-electron chi connectivity index (χ4n) is 1.79. The Labute approximate surface area is 134 Å². The van der Waals surface area contributed by atoms with Gasteiger partial charge in [0.2, 0.25) is 0 Å². The Balaban J connectivity index is 2.91. The summed E-state index contributed by atoms with van der Waals surface area (Å²) in [6.45, 7) is 11.2. The SMILES string of the molecule is OCCNCCNCCNCCNCCNCCNCCO. The zero-order valence-corrected chi connectivity index (χ0v) is 13.8. The van der Waals surface area contributed by atoms with Crippen LogP contribution in [0.2, 0.25) is 0 Å². The summed E-state index contributed by atoms with van der Waals surface area (Å²) in [6.07, 6.45) is 0. The molecule has 0 bridgehead atoms. The van der Waals surface area contributed by atoms with Gasteiger partial charge in [-0.25, -0.2) is 0 Å². The molecule has 0 spiro atoms. The molecule has 8 N–H and O–H groups in total. The van der Waals surface area contributed by atoms with Gasteiger partial charge in [-0.1, -0.05) is 0 Å². The highest BCUT2D eigenvalue weighted by Gasteiger charge is 1.91. The molecule has 0 fully saturated rings. The third kappa shape index (κ3) is 19.7. The Morgan fingerprint density at radius 2 is 0.500 bits per heavy atom. The Morgan fingerprint density at radius 1 is 0.318 bits per heavy atom. The van der Waals surface area contributed by atoms with E-state index in [1.165, 1.54) is 0 Å². The molecule has 0 rings (SSSR count). The molecule has 0 amide bonds. The van der Waals surface area contributed by atoms with Crippen LogP contribution in [0.5, 0.6) is 0 Å². The van der Waals surface area contributed by atoms with Crippen molar-refractivity contribution in [2.75, 3.05) is 91.8 Å². The number of hydrogen-bond donors (Lipinski definition) is 8. The summed E-state index contributed by atoms with van der Waals surface area (Å²) in [4.78, 5) is 0. The average molecular weight is 320 g/mol. The van der Waals surface area contributed by atoms with E-state index in [0.717, 1.165) is 65.4 Å². The lowest BCUT2D eigenvalue weighted by molar-refractivity contribution is 0.292. The van der Waals surface area contributed by atoms with Gasteiger partial charge in [0.15, 0.2) is 0 Å². The van der Waals surface area contributed by atoms with E-state index in [2.05, 4.69) is 31.9 Å². The lowest BCUT2D eigenvalue weighted by Gasteiger charge is -2.09. The largest absolute Gasteiger partial charge is 0.395 e. The molecule has 8 nitrogen and oxygen atoms in total. The average Bonchev–Trinajstić information content (AvgIpc) is 2.54. The van der Waals surface area contributed by atoms with Crippen LogP contribution in [0.25, 0.3) is 0 Å². The second-order valence-electron chi connectivity index (χ2n) is 4.95. The molecular weight excluding hydrogens is 284 g/mol. The fraction of sp³-hybridized carbons (Fsp3) is 1.00. The number of aliphatic hydroxyl groups is 2. The quantitative estimate of drug-likeness (QED) is 0.116. The van der Waals surface area contributed by atoms with E-state index in [4.69, 9.17) is 10.2 Å². The maximum absolute atomic E-state index is 8.59. The zero-order valence-electron chi connectivity index (χ0n) is 13.8. The van der Waals surface area contributed by atoms with Crippen molar-refractivity contribution in [2.45, 2.75) is 0 Å². The van der Waals surface area contributed by atoms with Gasteiger partial charge in [0, 0.05) is 78.5 Å². The molecule has 0 radical (unpaired) electrons. The molecule has 0 aromatic heterocycles. The van der Waals surface area contributed by atoms with E-state index in [-0.39, 0.29) is 13.2 Å². The second kappa shape index (κ2) is 20.7. The summed E-state index contributed by atoms with van der Waals surface area (Å²) in [6, 6.07) is 0. The maximum Gasteiger partial charge on any atom is 0.0555 e. The van der Waals surface area contributed by atoms with Crippen molar-refractivity contribution in [3.05, 3.63) is 0 Å². The third-order valence-corrected chi connectivity index (χ3v) is 2.97. The molecule has 22 heavy (non-hydrogen) atoms. The van der Waals surface area contributed by atoms with Crippen LogP contribution in [0.1, 0.15) is 0 Å². The van der Waals surface area contributed by atoms with Crippen molar-refractivity contribution in [2.24, 2.45) is 0 Å². The van der Waals surface area contributed by atoms with Gasteiger partial charge in [0.1, 0.15) is 0 Å². The van der Waals surface area contributed by atoms with E-state index in [0.29, 0.717) is 13.1 Å². The Morgan fingerprint density at radius 3 is 0.682 bits per heavy atom. The standard InChI is InChI=1S/C14H36N6O2/c21-13-11-19-9-7-17-5-3-15-1-2-16-4-6-18-8-10-20-12-14-22/h15-22H,1-14H2. The smallest absolute Gasteiger partial charge is 0.0555 e. The first-order valence-electron chi connectivity index (χ1n) is 8.38. The molecule has 0 aromatic carbocycles. The summed E-state index contributed by atoms with van der Waals surface area (Å²) < 4.78 is 0. The molecule has 134 valence electrons. The molecule has 0 aliphatic heterocycles. The van der Waals surface area contributed by atoms with Gasteiger partial charge >= 0.3 is 0 Å². The highest BCUT2D eigenvalue weighted by molar-refractivity contribution is 4.58. The monoisotopic (exact) mass is 320 g/mol. The van der Waals surface area contributed by atoms with Gasteiger partial charge in [0.25, 0.3) is 0 Å². The van der Waals surface area contributed by atoms with Crippen molar-refractivity contribution in [3.63, 3.8) is 0 Å². The molecule has 0 aliphatic rings. The zero-order chi connectivity index (χ0) is 16.1. The number of aliphatic hydroxyl groups excluding tert-OH is 2. The van der Waals surface area contributed by atoms with Crippen LogP contribution in [0.4, 0.5) is 0 Å². The summed E-state index contributed by atoms with van der Waals surface area (Å²) in [5.74, 6) is 0. The van der Waals surface area contributed by atoms with Crippen LogP contribution in [-0.2, 0) is 0 Å². The van der Waals surface area contributed by atoms with Crippen LogP contribution in [0.15, 0.2) is 0 Å². The van der Waals surface area contributed by atoms with E-state index in [1.807, 2.05) is 0 Å². The van der Waals surface area contributed by atoms with Gasteiger partial charge in [-0.3, -0.25) is 0 Å². The Hall–Kier alpha value is -0.320. The fourth-order valence-corrected chi connectivity index (χ4v) is 1.79. The van der Waals surface area contributed by atoms with E-state index >= 15 is 0 Å². The minimum Gasteiger partial charge on any atom is -0.395 e. The molecular formula is C14H36N6O2. The van der Waals surface area contributed by atoms with Crippen molar-refractivity contribution in [1.82, 2.24) is 31.9 Å². The third-order valence-electron chi connectivity index (χ3n) is 2.97. The van der Waals surface area contributed by atoms with Gasteiger partial charge in [-0.2, -0.15) is 0 Å². The van der Waals surface area contributed by atoms with Crippen LogP contribution in [-0.4, -0.2) is 102 Å². The van der Waals surface area contributed by atoms with Crippen molar-refractivity contribution in [3.8, 4) is 0 Å². The van der Waals surface area contributed by atoms with Gasteiger partial charge in [0.05, 0.1) is 13.2 Å². The summed E-state index contributed by atoms with van der Waals surface area (Å²) in [5.41, 5.74) is 0. The molecule has 8 heteroatoms. The first-order valence-corrected chi connectivity index (χ1v) is 8.38. The van der Waals surface area contributed by atoms with Gasteiger partial charge in [-0.15, -0.1) is 0 Å². The molecule has 0 heterocycles. The lowest BCUT2D eigenvalue weighted by atomic mass is 10.5. The molecule has 0 aliphatic carbocycles. The molecule has 0 saturated carbocycles. The van der Waals surface area contributed by atoms with Crippen LogP contribution < -0.4 is 31.9 Å². The second-order valence-corrected chi connectivity index (χ2v) is 4.95. The van der Waals surface area contributed by atoms with Crippen LogP contribution >= 0.6 is 0 Å². The topological polar surface area (TPSA) is 113 Å². The number of hydrogen-bond acceptors (Lipinski definition) is 8. The molecule has 0 atom stereocenters. The molecule has 0 aromatic rings. The van der Waals surface area contributed by atoms with Crippen molar-refractivity contribution in [1.29, 1.82) is 0 Å². The first kappa shape index (κ1) is 21.7. The highest BCUT2D eigenvalue weighted by atomic mass is 16.3. The molecule has 0 unspecified atom stereocenters. The maximum atomic E-state index is 8.59. The number of nitrogens with one attached hydrogen (secondary N) is 6. The summed E-state index contributed by atoms with van der Waals surface area (Å²) in [7, 11) is 0.